The van der Waals surface area contributed by atoms with Crippen molar-refractivity contribution in [2.45, 2.75) is 17.6 Å². The van der Waals surface area contributed by atoms with Crippen molar-refractivity contribution in [1.29, 1.82) is 0 Å². The number of nitrogens with two attached hydrogens (primary N) is 1. The van der Waals surface area contributed by atoms with E-state index < -0.39 is 5.91 Å². The maximum atomic E-state index is 12.9. The number of ether oxygens (including phenoxy) is 1. The van der Waals surface area contributed by atoms with Gasteiger partial charge < -0.3 is 15.6 Å². The number of anilines is 1. The topological polar surface area (TPSA) is 167 Å². The van der Waals surface area contributed by atoms with Crippen LogP contribution >= 0.6 is 11.8 Å². The van der Waals surface area contributed by atoms with Gasteiger partial charge in [0.2, 0.25) is 11.6 Å². The minimum absolute atomic E-state index is 0.0123. The van der Waals surface area contributed by atoms with Crippen molar-refractivity contribution in [2.24, 2.45) is 5.10 Å². The van der Waals surface area contributed by atoms with Gasteiger partial charge in [0.05, 0.1) is 18.5 Å². The second-order valence-corrected chi connectivity index (χ2v) is 7.78. The molecule has 13 heteroatoms. The first kappa shape index (κ1) is 22.8. The number of aromatic hydroxyl groups is 1. The molecule has 2 aromatic heterocycles. The summed E-state index contributed by atoms with van der Waals surface area (Å²) < 4.78 is 11.3. The van der Waals surface area contributed by atoms with Crippen LogP contribution in [0.5, 0.6) is 11.5 Å². The Morgan fingerprint density at radius 1 is 1.29 bits per heavy atom. The van der Waals surface area contributed by atoms with Gasteiger partial charge in [-0.2, -0.15) is 9.78 Å². The normalized spacial score (nSPS) is 11.1. The molecule has 0 bridgehead atoms. The van der Waals surface area contributed by atoms with E-state index >= 15 is 0 Å². The Hall–Kier alpha value is -4.39. The van der Waals surface area contributed by atoms with Crippen LogP contribution in [-0.2, 0) is 5.75 Å². The number of aromatic nitrogens is 5. The van der Waals surface area contributed by atoms with Gasteiger partial charge in [0.1, 0.15) is 0 Å². The highest BCUT2D eigenvalue weighted by atomic mass is 32.2. The number of nitrogen functional groups attached to an aromatic ring is 1. The molecule has 4 aromatic rings. The van der Waals surface area contributed by atoms with E-state index in [9.17, 15) is 9.90 Å². The zero-order chi connectivity index (χ0) is 23.9. The molecule has 4 rings (SSSR count). The smallest absolute Gasteiger partial charge is 0.293 e. The Balaban J connectivity index is 1.55. The monoisotopic (exact) mass is 480 g/mol. The highest BCUT2D eigenvalue weighted by Crippen LogP contribution is 2.27. The zero-order valence-electron chi connectivity index (χ0n) is 18.0. The lowest BCUT2D eigenvalue weighted by atomic mass is 10.2. The molecule has 12 nitrogen and oxygen atoms in total. The molecule has 4 N–H and O–H groups in total. The number of carbonyl (C=O) groups is 1. The van der Waals surface area contributed by atoms with Crippen molar-refractivity contribution in [3.05, 3.63) is 65.5 Å². The standard InChI is InChI=1S/C21H20N8O4S/c1-2-32-17-10-13(8-9-16(17)30)11-23-25-21(31)18-15(12-34-14-6-4-3-5-7-14)29(28-24-18)20-19(22)26-33-27-20/h3-11,30H,2,12H2,1H3,(H2,22,26)(H,25,31)/b23-11-. The summed E-state index contributed by atoms with van der Waals surface area (Å²) in [5, 5.41) is 29.1. The number of benzene rings is 2. The average molecular weight is 481 g/mol. The predicted molar refractivity (Wildman–Crippen MR) is 124 cm³/mol. The minimum atomic E-state index is -0.579. The van der Waals surface area contributed by atoms with E-state index in [0.717, 1.165) is 4.90 Å². The number of hydrogen-bond acceptors (Lipinski definition) is 11. The van der Waals surface area contributed by atoms with Crippen LogP contribution in [0, 0.1) is 0 Å². The molecule has 34 heavy (non-hydrogen) atoms. The van der Waals surface area contributed by atoms with Gasteiger partial charge in [-0.25, -0.2) is 10.1 Å². The average Bonchev–Trinajstić information content (AvgIpc) is 3.46. The number of nitrogens with zero attached hydrogens (tertiary/aromatic N) is 6. The van der Waals surface area contributed by atoms with Gasteiger partial charge in [-0.15, -0.1) is 16.9 Å². The van der Waals surface area contributed by atoms with Crippen molar-refractivity contribution in [2.75, 3.05) is 12.3 Å². The number of rotatable bonds is 9. The second-order valence-electron chi connectivity index (χ2n) is 6.73. The van der Waals surface area contributed by atoms with Gasteiger partial charge in [-0.3, -0.25) is 4.79 Å². The summed E-state index contributed by atoms with van der Waals surface area (Å²) in [4.78, 5) is 13.8. The molecule has 0 spiro atoms. The van der Waals surface area contributed by atoms with Crippen molar-refractivity contribution < 1.29 is 19.3 Å². The van der Waals surface area contributed by atoms with Crippen LogP contribution in [0.25, 0.3) is 5.82 Å². The molecule has 0 saturated carbocycles. The summed E-state index contributed by atoms with van der Waals surface area (Å²) >= 11 is 1.48. The number of phenolic OH excluding ortho intramolecular Hbond substituents is 1. The fourth-order valence-electron chi connectivity index (χ4n) is 2.88. The van der Waals surface area contributed by atoms with E-state index in [1.165, 1.54) is 28.7 Å². The molecule has 0 saturated heterocycles. The first-order valence-electron chi connectivity index (χ1n) is 10.1. The third-order valence-corrected chi connectivity index (χ3v) is 5.48. The van der Waals surface area contributed by atoms with Crippen molar-refractivity contribution >= 4 is 29.7 Å². The lowest BCUT2D eigenvalue weighted by Crippen LogP contribution is -2.20. The lowest BCUT2D eigenvalue weighted by Gasteiger charge is -2.06. The van der Waals surface area contributed by atoms with E-state index in [2.05, 4.69) is 35.8 Å². The number of hydrogen-bond donors (Lipinski definition) is 3. The molecule has 0 fully saturated rings. The molecular formula is C21H20N8O4S. The number of phenols is 1. The molecule has 0 radical (unpaired) electrons. The second kappa shape index (κ2) is 10.5. The number of amides is 1. The van der Waals surface area contributed by atoms with Crippen LogP contribution in [-0.4, -0.2) is 49.1 Å². The summed E-state index contributed by atoms with van der Waals surface area (Å²) in [5.41, 5.74) is 9.34. The van der Waals surface area contributed by atoms with Crippen molar-refractivity contribution in [3.8, 4) is 17.3 Å². The van der Waals surface area contributed by atoms with Crippen LogP contribution in [0.1, 0.15) is 28.7 Å². The van der Waals surface area contributed by atoms with E-state index in [0.29, 0.717) is 29.4 Å². The fraction of sp³-hybridized carbons (Fsp3) is 0.143. The fourth-order valence-corrected chi connectivity index (χ4v) is 3.80. The molecular weight excluding hydrogens is 460 g/mol. The Morgan fingerprint density at radius 2 is 2.12 bits per heavy atom. The molecule has 0 aliphatic carbocycles. The molecule has 1 amide bonds. The first-order valence-corrected chi connectivity index (χ1v) is 11.1. The van der Waals surface area contributed by atoms with E-state index in [-0.39, 0.29) is 23.1 Å². The quantitative estimate of drug-likeness (QED) is 0.184. The Bertz CT molecular complexity index is 1310. The van der Waals surface area contributed by atoms with Crippen LogP contribution in [0.15, 0.2) is 63.2 Å². The van der Waals surface area contributed by atoms with Crippen LogP contribution in [0.2, 0.25) is 0 Å². The predicted octanol–water partition coefficient (Wildman–Crippen LogP) is 2.39. The molecule has 2 heterocycles. The van der Waals surface area contributed by atoms with Crippen molar-refractivity contribution in [1.82, 2.24) is 30.7 Å². The molecule has 0 atom stereocenters. The zero-order valence-corrected chi connectivity index (χ0v) is 18.8. The van der Waals surface area contributed by atoms with Crippen LogP contribution in [0.3, 0.4) is 0 Å². The maximum absolute atomic E-state index is 12.9. The van der Waals surface area contributed by atoms with E-state index in [1.807, 2.05) is 37.3 Å². The summed E-state index contributed by atoms with van der Waals surface area (Å²) in [6.07, 6.45) is 1.42. The summed E-state index contributed by atoms with van der Waals surface area (Å²) in [5.74, 6) is 0.238. The summed E-state index contributed by atoms with van der Waals surface area (Å²) in [6.45, 7) is 2.21. The van der Waals surface area contributed by atoms with Crippen LogP contribution < -0.4 is 15.9 Å². The highest BCUT2D eigenvalue weighted by molar-refractivity contribution is 7.98. The number of carbonyl (C=O) groups excluding carboxylic acids is 1. The first-order chi connectivity index (χ1) is 16.6. The van der Waals surface area contributed by atoms with Gasteiger partial charge in [0.25, 0.3) is 5.91 Å². The third-order valence-electron chi connectivity index (χ3n) is 4.46. The summed E-state index contributed by atoms with van der Waals surface area (Å²) in [7, 11) is 0. The molecule has 0 aliphatic heterocycles. The number of hydrazone groups is 1. The van der Waals surface area contributed by atoms with Gasteiger partial charge in [0.15, 0.2) is 17.2 Å². The molecule has 0 unspecified atom stereocenters. The molecule has 174 valence electrons. The molecule has 0 aliphatic rings. The number of nitrogens with one attached hydrogen (secondary N) is 1. The van der Waals surface area contributed by atoms with Gasteiger partial charge in [-0.05, 0) is 53.1 Å². The SMILES string of the molecule is CCOc1cc(/C=N\NC(=O)c2nnn(-c3nonc3N)c2CSc2ccccc2)ccc1O. The Labute approximate surface area is 197 Å². The maximum Gasteiger partial charge on any atom is 0.293 e. The summed E-state index contributed by atoms with van der Waals surface area (Å²) in [6, 6.07) is 14.4. The van der Waals surface area contributed by atoms with Gasteiger partial charge in [0, 0.05) is 10.6 Å². The minimum Gasteiger partial charge on any atom is -0.504 e. The largest absolute Gasteiger partial charge is 0.504 e. The van der Waals surface area contributed by atoms with E-state index in [4.69, 9.17) is 10.5 Å². The van der Waals surface area contributed by atoms with E-state index in [1.54, 1.807) is 12.1 Å². The molecule has 2 aromatic carbocycles. The Morgan fingerprint density at radius 3 is 2.85 bits per heavy atom. The third kappa shape index (κ3) is 5.15. The van der Waals surface area contributed by atoms with Crippen molar-refractivity contribution in [3.63, 3.8) is 0 Å². The van der Waals surface area contributed by atoms with Gasteiger partial charge in [-0.1, -0.05) is 23.4 Å². The number of thioether (sulfide) groups is 1. The van der Waals surface area contributed by atoms with Gasteiger partial charge >= 0.3 is 0 Å². The lowest BCUT2D eigenvalue weighted by molar-refractivity contribution is 0.0949. The van der Waals surface area contributed by atoms with Crippen LogP contribution in [0.4, 0.5) is 5.82 Å². The Kier molecular flexibility index (Phi) is 7.03. The highest BCUT2D eigenvalue weighted by Gasteiger charge is 2.24.